The summed E-state index contributed by atoms with van der Waals surface area (Å²) in [5.74, 6) is 5.74. The van der Waals surface area contributed by atoms with Crippen LogP contribution in [-0.2, 0) is 0 Å². The number of rotatable bonds is 5. The van der Waals surface area contributed by atoms with Gasteiger partial charge in [-0.15, -0.1) is 0 Å². The lowest BCUT2D eigenvalue weighted by Gasteiger charge is -2.67. The summed E-state index contributed by atoms with van der Waals surface area (Å²) in [5.41, 5.74) is 2.39. The fourth-order valence-corrected chi connectivity index (χ4v) is 10.6. The molecule has 0 aromatic rings. The minimum Gasteiger partial charge on any atom is -0.0628 e. The highest BCUT2D eigenvalue weighted by molar-refractivity contribution is 5.15. The third-order valence-electron chi connectivity index (χ3n) is 12.4. The molecule has 8 atom stereocenters. The molecule has 0 aromatic heterocycles. The Morgan fingerprint density at radius 1 is 0.700 bits per heavy atom. The SMILES string of the molecule is CC(C)CCC[C@@H](C)C1CC[C@@]2(C)[C@@H]3CC[C@H]4C(C)(C)CCC[C@]4(C)[C@H]3CC[C@]12C. The lowest BCUT2D eigenvalue weighted by atomic mass is 9.38. The summed E-state index contributed by atoms with van der Waals surface area (Å²) in [5, 5.41) is 0. The molecule has 0 N–H and O–H groups in total. The van der Waals surface area contributed by atoms with Gasteiger partial charge in [0.15, 0.2) is 0 Å². The van der Waals surface area contributed by atoms with Gasteiger partial charge in [-0.2, -0.15) is 0 Å². The van der Waals surface area contributed by atoms with Gasteiger partial charge in [0, 0.05) is 0 Å². The van der Waals surface area contributed by atoms with Crippen molar-refractivity contribution < 1.29 is 0 Å². The van der Waals surface area contributed by atoms with E-state index in [0.29, 0.717) is 21.7 Å². The smallest absolute Gasteiger partial charge is 0.0238 e. The van der Waals surface area contributed by atoms with Gasteiger partial charge in [-0.1, -0.05) is 81.1 Å². The predicted molar refractivity (Wildman–Crippen MR) is 131 cm³/mol. The maximum absolute atomic E-state index is 2.78. The molecule has 0 spiro atoms. The normalized spacial score (nSPS) is 48.7. The molecular formula is C30H54. The van der Waals surface area contributed by atoms with Gasteiger partial charge in [0.25, 0.3) is 0 Å². The summed E-state index contributed by atoms with van der Waals surface area (Å²) in [6.45, 7) is 20.9. The first kappa shape index (κ1) is 23.2. The minimum atomic E-state index is 0.572. The Morgan fingerprint density at radius 3 is 2.10 bits per heavy atom. The average molecular weight is 415 g/mol. The molecule has 0 nitrogen and oxygen atoms in total. The zero-order valence-corrected chi connectivity index (χ0v) is 21.9. The van der Waals surface area contributed by atoms with Gasteiger partial charge in [0.1, 0.15) is 0 Å². The molecule has 4 saturated carbocycles. The van der Waals surface area contributed by atoms with E-state index in [0.717, 1.165) is 35.5 Å². The maximum Gasteiger partial charge on any atom is -0.0238 e. The lowest BCUT2D eigenvalue weighted by Crippen LogP contribution is -2.59. The molecule has 0 aromatic carbocycles. The van der Waals surface area contributed by atoms with Crippen LogP contribution < -0.4 is 0 Å². The van der Waals surface area contributed by atoms with Crippen molar-refractivity contribution in [3.05, 3.63) is 0 Å². The highest BCUT2D eigenvalue weighted by Gasteiger charge is 2.66. The maximum atomic E-state index is 2.78. The monoisotopic (exact) mass is 414 g/mol. The molecule has 0 heterocycles. The van der Waals surface area contributed by atoms with Gasteiger partial charge in [-0.25, -0.2) is 0 Å². The van der Waals surface area contributed by atoms with Crippen LogP contribution in [0, 0.1) is 57.2 Å². The topological polar surface area (TPSA) is 0 Å². The van der Waals surface area contributed by atoms with Gasteiger partial charge >= 0.3 is 0 Å². The van der Waals surface area contributed by atoms with E-state index in [1.807, 2.05) is 0 Å². The van der Waals surface area contributed by atoms with E-state index in [1.54, 1.807) is 0 Å². The standard InChI is InChI=1S/C30H54/c1-21(2)11-9-12-22(3)23-15-19-30(8)25-13-14-26-27(4,5)17-10-18-28(26,6)24(25)16-20-29(23,30)7/h21-26H,9-20H2,1-8H3/t22-,23?,24+,25-,26+,28-,29-,30+/m1/s1. The van der Waals surface area contributed by atoms with Crippen LogP contribution in [0.2, 0.25) is 0 Å². The Bertz CT molecular complexity index is 616. The first-order chi connectivity index (χ1) is 14.0. The first-order valence-corrected chi connectivity index (χ1v) is 14.0. The van der Waals surface area contributed by atoms with Crippen LogP contribution in [0.3, 0.4) is 0 Å². The van der Waals surface area contributed by atoms with Gasteiger partial charge < -0.3 is 0 Å². The third kappa shape index (κ3) is 3.36. The molecule has 0 radical (unpaired) electrons. The van der Waals surface area contributed by atoms with Gasteiger partial charge in [0.05, 0.1) is 0 Å². The van der Waals surface area contributed by atoms with Crippen molar-refractivity contribution >= 4 is 0 Å². The van der Waals surface area contributed by atoms with Crippen molar-refractivity contribution in [3.8, 4) is 0 Å². The molecular weight excluding hydrogens is 360 g/mol. The highest BCUT2D eigenvalue weighted by atomic mass is 14.7. The third-order valence-corrected chi connectivity index (χ3v) is 12.4. The van der Waals surface area contributed by atoms with Crippen molar-refractivity contribution in [3.63, 3.8) is 0 Å². The summed E-state index contributed by atoms with van der Waals surface area (Å²) >= 11 is 0. The Morgan fingerprint density at radius 2 is 1.40 bits per heavy atom. The van der Waals surface area contributed by atoms with E-state index in [4.69, 9.17) is 0 Å². The van der Waals surface area contributed by atoms with Crippen LogP contribution in [0.25, 0.3) is 0 Å². The molecule has 0 heteroatoms. The Labute approximate surface area is 189 Å². The van der Waals surface area contributed by atoms with E-state index in [-0.39, 0.29) is 0 Å². The molecule has 0 bridgehead atoms. The quantitative estimate of drug-likeness (QED) is 0.420. The van der Waals surface area contributed by atoms with Gasteiger partial charge in [-0.3, -0.25) is 0 Å². The fraction of sp³-hybridized carbons (Fsp3) is 1.00. The fourth-order valence-electron chi connectivity index (χ4n) is 10.6. The summed E-state index contributed by atoms with van der Waals surface area (Å²) < 4.78 is 0. The molecule has 0 saturated heterocycles. The second-order valence-corrected chi connectivity index (χ2v) is 14.5. The molecule has 4 rings (SSSR count). The van der Waals surface area contributed by atoms with E-state index in [9.17, 15) is 0 Å². The van der Waals surface area contributed by atoms with Crippen LogP contribution in [0.15, 0.2) is 0 Å². The zero-order valence-electron chi connectivity index (χ0n) is 21.9. The first-order valence-electron chi connectivity index (χ1n) is 14.0. The Balaban J connectivity index is 1.55. The van der Waals surface area contributed by atoms with Gasteiger partial charge in [-0.05, 0) is 109 Å². The molecule has 174 valence electrons. The second kappa shape index (κ2) is 7.80. The van der Waals surface area contributed by atoms with E-state index >= 15 is 0 Å². The molecule has 4 fully saturated rings. The Hall–Kier alpha value is 0. The van der Waals surface area contributed by atoms with E-state index in [1.165, 1.54) is 77.0 Å². The largest absolute Gasteiger partial charge is 0.0628 e. The number of hydrogen-bond acceptors (Lipinski definition) is 0. The predicted octanol–water partition coefficient (Wildman–Crippen LogP) is 9.52. The summed E-state index contributed by atoms with van der Waals surface area (Å²) in [6, 6.07) is 0. The second-order valence-electron chi connectivity index (χ2n) is 14.5. The van der Waals surface area contributed by atoms with Crippen molar-refractivity contribution in [1.82, 2.24) is 0 Å². The van der Waals surface area contributed by atoms with Crippen LogP contribution in [0.4, 0.5) is 0 Å². The Kier molecular flexibility index (Phi) is 6.02. The molecule has 4 aliphatic rings. The highest BCUT2D eigenvalue weighted by Crippen LogP contribution is 2.74. The average Bonchev–Trinajstić information content (AvgIpc) is 2.92. The van der Waals surface area contributed by atoms with Crippen LogP contribution >= 0.6 is 0 Å². The minimum absolute atomic E-state index is 0.572. The molecule has 4 aliphatic carbocycles. The summed E-state index contributed by atoms with van der Waals surface area (Å²) in [7, 11) is 0. The van der Waals surface area contributed by atoms with E-state index in [2.05, 4.69) is 55.4 Å². The molecule has 30 heavy (non-hydrogen) atoms. The molecule has 1 unspecified atom stereocenters. The zero-order chi connectivity index (χ0) is 21.9. The van der Waals surface area contributed by atoms with Crippen LogP contribution in [-0.4, -0.2) is 0 Å². The lowest BCUT2D eigenvalue weighted by molar-refractivity contribution is -0.179. The van der Waals surface area contributed by atoms with Crippen molar-refractivity contribution in [2.75, 3.05) is 0 Å². The van der Waals surface area contributed by atoms with Crippen molar-refractivity contribution in [1.29, 1.82) is 0 Å². The summed E-state index contributed by atoms with van der Waals surface area (Å²) in [4.78, 5) is 0. The number of fused-ring (bicyclic) bond motifs is 5. The molecule has 0 aliphatic heterocycles. The van der Waals surface area contributed by atoms with Crippen molar-refractivity contribution in [2.45, 2.75) is 132 Å². The van der Waals surface area contributed by atoms with Gasteiger partial charge in [0.2, 0.25) is 0 Å². The van der Waals surface area contributed by atoms with Crippen LogP contribution in [0.5, 0.6) is 0 Å². The van der Waals surface area contributed by atoms with Crippen molar-refractivity contribution in [2.24, 2.45) is 57.2 Å². The van der Waals surface area contributed by atoms with Crippen LogP contribution in [0.1, 0.15) is 132 Å². The number of hydrogen-bond donors (Lipinski definition) is 0. The van der Waals surface area contributed by atoms with E-state index < -0.39 is 0 Å². The molecule has 0 amide bonds. The summed E-state index contributed by atoms with van der Waals surface area (Å²) in [6.07, 6.45) is 18.0.